The van der Waals surface area contributed by atoms with Gasteiger partial charge < -0.3 is 9.57 Å². The summed E-state index contributed by atoms with van der Waals surface area (Å²) >= 11 is 0. The van der Waals surface area contributed by atoms with Gasteiger partial charge >= 0.3 is 0 Å². The molecule has 174 valence electrons. The lowest BCUT2D eigenvalue weighted by Crippen LogP contribution is -2.27. The van der Waals surface area contributed by atoms with Gasteiger partial charge in [0.1, 0.15) is 17.7 Å². The zero-order valence-corrected chi connectivity index (χ0v) is 20.9. The van der Waals surface area contributed by atoms with Crippen molar-refractivity contribution in [2.24, 2.45) is 10.1 Å². The Bertz CT molecular complexity index is 1220. The minimum absolute atomic E-state index is 0.359. The number of hydrogen-bond acceptors (Lipinski definition) is 4. The molecule has 0 saturated heterocycles. The highest BCUT2D eigenvalue weighted by molar-refractivity contribution is 5.82. The molecule has 0 spiro atoms. The van der Waals surface area contributed by atoms with E-state index >= 15 is 0 Å². The largest absolute Gasteiger partial charge is 0.443 e. The molecule has 4 nitrogen and oxygen atoms in total. The molecule has 1 atom stereocenters. The topological polar surface area (TPSA) is 43.2 Å². The normalized spacial score (nSPS) is 17.3. The van der Waals surface area contributed by atoms with E-state index in [2.05, 4.69) is 81.2 Å². The summed E-state index contributed by atoms with van der Waals surface area (Å²) in [6.45, 7) is 14.5. The van der Waals surface area contributed by atoms with Crippen molar-refractivity contribution in [1.82, 2.24) is 0 Å². The number of hydrogen-bond donors (Lipinski definition) is 0. The molecule has 2 aliphatic rings. The fourth-order valence-electron chi connectivity index (χ4n) is 4.58. The van der Waals surface area contributed by atoms with Crippen molar-refractivity contribution in [3.63, 3.8) is 0 Å². The first-order chi connectivity index (χ1) is 15.8. The first-order valence-electron chi connectivity index (χ1n) is 12.1. The molecule has 0 aromatic heterocycles. The van der Waals surface area contributed by atoms with Gasteiger partial charge in [-0.2, -0.15) is 0 Å². The molecule has 0 radical (unpaired) electrons. The first-order valence-corrected chi connectivity index (χ1v) is 12.1. The maximum atomic E-state index is 6.17. The van der Waals surface area contributed by atoms with E-state index in [0.29, 0.717) is 18.4 Å². The summed E-state index contributed by atoms with van der Waals surface area (Å²) in [7, 11) is 0. The van der Waals surface area contributed by atoms with Gasteiger partial charge in [-0.05, 0) is 79.0 Å². The van der Waals surface area contributed by atoms with Crippen LogP contribution < -0.4 is 10.6 Å². The van der Waals surface area contributed by atoms with Gasteiger partial charge in [0.05, 0.1) is 0 Å². The standard InChI is InChI=1S/C29H36N2O2/c1-18(2)25-14-23(15-26(16-25)29-20(4)9-11-30-22(6)33-29)13-21(5)24-7-8-27-19(3)10-12-32-31-28(27)17-24/h7-8,14-18,21H,9-13H2,1-6H3. The Hall–Kier alpha value is -2.88. The second-order valence-corrected chi connectivity index (χ2v) is 9.82. The molecule has 4 heteroatoms. The van der Waals surface area contributed by atoms with Crippen LogP contribution in [0.15, 0.2) is 52.1 Å². The molecule has 0 aliphatic carbocycles. The van der Waals surface area contributed by atoms with Crippen LogP contribution in [0.1, 0.15) is 88.5 Å². The monoisotopic (exact) mass is 444 g/mol. The van der Waals surface area contributed by atoms with Crippen LogP contribution in [-0.2, 0) is 16.0 Å². The molecule has 0 fully saturated rings. The Balaban J connectivity index is 1.68. The van der Waals surface area contributed by atoms with E-state index < -0.39 is 0 Å². The van der Waals surface area contributed by atoms with Crippen LogP contribution in [0, 0.1) is 0 Å². The smallest absolute Gasteiger partial charge is 0.187 e. The second-order valence-electron chi connectivity index (χ2n) is 9.82. The Morgan fingerprint density at radius 1 is 0.909 bits per heavy atom. The molecule has 2 aliphatic heterocycles. The number of nitrogens with zero attached hydrogens (tertiary/aromatic N) is 2. The molecule has 2 aromatic carbocycles. The van der Waals surface area contributed by atoms with Crippen LogP contribution in [0.25, 0.3) is 11.3 Å². The van der Waals surface area contributed by atoms with Gasteiger partial charge in [0.2, 0.25) is 0 Å². The predicted octanol–water partition coefficient (Wildman–Crippen LogP) is 5.85. The van der Waals surface area contributed by atoms with Crippen molar-refractivity contribution in [2.45, 2.75) is 72.6 Å². The minimum Gasteiger partial charge on any atom is -0.443 e. The third-order valence-corrected chi connectivity index (χ3v) is 6.73. The molecule has 0 N–H and O–H groups in total. The Labute approximate surface area is 197 Å². The molecule has 1 unspecified atom stereocenters. The third kappa shape index (κ3) is 5.38. The summed E-state index contributed by atoms with van der Waals surface area (Å²) in [5.41, 5.74) is 7.72. The number of rotatable bonds is 5. The molecule has 2 aromatic rings. The number of aliphatic imine (C=N–C) groups is 1. The van der Waals surface area contributed by atoms with Crippen LogP contribution in [-0.4, -0.2) is 19.0 Å². The fraction of sp³-hybridized carbons (Fsp3) is 0.448. The van der Waals surface area contributed by atoms with Crippen LogP contribution in [0.3, 0.4) is 0 Å². The van der Waals surface area contributed by atoms with Crippen LogP contribution >= 0.6 is 0 Å². The van der Waals surface area contributed by atoms with Crippen LogP contribution in [0.5, 0.6) is 0 Å². The molecule has 4 rings (SSSR count). The Kier molecular flexibility index (Phi) is 7.02. The molecule has 0 bridgehead atoms. The van der Waals surface area contributed by atoms with Gasteiger partial charge in [0.25, 0.3) is 0 Å². The lowest BCUT2D eigenvalue weighted by Gasteiger charge is -2.18. The maximum Gasteiger partial charge on any atom is 0.187 e. The van der Waals surface area contributed by atoms with Gasteiger partial charge in [0, 0.05) is 30.7 Å². The first kappa shape index (κ1) is 23.3. The quantitative estimate of drug-likeness (QED) is 0.580. The van der Waals surface area contributed by atoms with E-state index in [1.165, 1.54) is 33.1 Å². The lowest BCUT2D eigenvalue weighted by molar-refractivity contribution is 0.141. The van der Waals surface area contributed by atoms with Crippen molar-refractivity contribution in [2.75, 3.05) is 13.2 Å². The number of fused-ring (bicyclic) bond motifs is 1. The van der Waals surface area contributed by atoms with Gasteiger partial charge in [-0.15, -0.1) is 0 Å². The average molecular weight is 445 g/mol. The highest BCUT2D eigenvalue weighted by atomic mass is 16.6. The van der Waals surface area contributed by atoms with Gasteiger partial charge in [-0.25, -0.2) is 0 Å². The van der Waals surface area contributed by atoms with Crippen LogP contribution in [0.2, 0.25) is 0 Å². The summed E-state index contributed by atoms with van der Waals surface area (Å²) in [4.78, 5) is 9.97. The summed E-state index contributed by atoms with van der Waals surface area (Å²) < 4.78 is 6.17. The predicted molar refractivity (Wildman–Crippen MR) is 136 cm³/mol. The molecule has 0 amide bonds. The van der Waals surface area contributed by atoms with E-state index in [4.69, 9.17) is 9.57 Å². The molecule has 2 heterocycles. The number of benzene rings is 2. The van der Waals surface area contributed by atoms with E-state index in [0.717, 1.165) is 48.4 Å². The molecule has 0 saturated carbocycles. The second kappa shape index (κ2) is 9.94. The van der Waals surface area contributed by atoms with Gasteiger partial charge in [-0.3, -0.25) is 4.99 Å². The molecular weight excluding hydrogens is 408 g/mol. The van der Waals surface area contributed by atoms with Gasteiger partial charge in [-0.1, -0.05) is 49.7 Å². The molecular formula is C29H36N2O2. The Morgan fingerprint density at radius 2 is 1.73 bits per heavy atom. The fourth-order valence-corrected chi connectivity index (χ4v) is 4.58. The summed E-state index contributed by atoms with van der Waals surface area (Å²) in [5, 5.41) is 6.53. The average Bonchev–Trinajstić information content (AvgIpc) is 3.08. The van der Waals surface area contributed by atoms with E-state index in [9.17, 15) is 0 Å². The van der Waals surface area contributed by atoms with Crippen molar-refractivity contribution in [1.29, 1.82) is 0 Å². The highest BCUT2D eigenvalue weighted by Crippen LogP contribution is 2.30. The molecule has 33 heavy (non-hydrogen) atoms. The van der Waals surface area contributed by atoms with E-state index in [1.807, 2.05) is 6.92 Å². The van der Waals surface area contributed by atoms with Crippen molar-refractivity contribution < 1.29 is 9.57 Å². The summed E-state index contributed by atoms with van der Waals surface area (Å²) in [5.74, 6) is 2.52. The highest BCUT2D eigenvalue weighted by Gasteiger charge is 2.17. The number of ether oxygens (including phenoxy) is 1. The summed E-state index contributed by atoms with van der Waals surface area (Å²) in [6, 6.07) is 13.6. The zero-order valence-electron chi connectivity index (χ0n) is 20.9. The SMILES string of the molecule is CC1=NCCC(C)=C(c2cc(CC(C)c3ccc4c(c3)=NOCCC=4C)cc(C(C)C)c2)O1. The van der Waals surface area contributed by atoms with Crippen LogP contribution in [0.4, 0.5) is 0 Å². The third-order valence-electron chi connectivity index (χ3n) is 6.73. The van der Waals surface area contributed by atoms with Gasteiger partial charge in [0.15, 0.2) is 5.90 Å². The lowest BCUT2D eigenvalue weighted by atomic mass is 9.89. The van der Waals surface area contributed by atoms with E-state index in [1.54, 1.807) is 0 Å². The summed E-state index contributed by atoms with van der Waals surface area (Å²) in [6.07, 6.45) is 2.81. The Morgan fingerprint density at radius 3 is 2.52 bits per heavy atom. The minimum atomic E-state index is 0.359. The zero-order chi connectivity index (χ0) is 23.5. The maximum absolute atomic E-state index is 6.17. The van der Waals surface area contributed by atoms with Crippen molar-refractivity contribution in [3.8, 4) is 0 Å². The van der Waals surface area contributed by atoms with Crippen molar-refractivity contribution in [3.05, 3.63) is 74.8 Å². The van der Waals surface area contributed by atoms with Crippen molar-refractivity contribution >= 4 is 17.2 Å². The van der Waals surface area contributed by atoms with E-state index in [-0.39, 0.29) is 0 Å².